The van der Waals surface area contributed by atoms with E-state index in [1.807, 2.05) is 22.6 Å². The summed E-state index contributed by atoms with van der Waals surface area (Å²) in [5, 5.41) is 0. The molecule has 0 fully saturated rings. The highest BCUT2D eigenvalue weighted by Gasteiger charge is 2.28. The molecule has 0 N–H and O–H groups in total. The molecule has 0 radical (unpaired) electrons. The van der Waals surface area contributed by atoms with E-state index in [1.54, 1.807) is 18.2 Å². The van der Waals surface area contributed by atoms with Gasteiger partial charge in [-0.05, 0) is 56.7 Å². The maximum Gasteiger partial charge on any atom is 0.390 e. The van der Waals surface area contributed by atoms with Crippen molar-refractivity contribution in [3.8, 4) is 0 Å². The molecule has 100 valence electrons. The third-order valence-corrected chi connectivity index (χ3v) is 3.60. The number of nitrogens with zero attached hydrogens (tertiary/aromatic N) is 1. The Morgan fingerprint density at radius 3 is 2.61 bits per heavy atom. The lowest BCUT2D eigenvalue weighted by Gasteiger charge is -2.19. The summed E-state index contributed by atoms with van der Waals surface area (Å²) < 4.78 is 37.7. The van der Waals surface area contributed by atoms with E-state index >= 15 is 0 Å². The van der Waals surface area contributed by atoms with Crippen LogP contribution in [0.25, 0.3) is 0 Å². The molecule has 1 aromatic carbocycles. The highest BCUT2D eigenvalue weighted by molar-refractivity contribution is 14.1. The van der Waals surface area contributed by atoms with Gasteiger partial charge in [0.15, 0.2) is 0 Å². The molecule has 0 heterocycles. The molecule has 0 aliphatic heterocycles. The second-order valence-electron chi connectivity index (χ2n) is 3.72. The lowest BCUT2D eigenvalue weighted by atomic mass is 10.2. The van der Waals surface area contributed by atoms with Gasteiger partial charge in [-0.15, -0.1) is 0 Å². The number of amides is 1. The number of rotatable bonds is 3. The van der Waals surface area contributed by atoms with Gasteiger partial charge in [0, 0.05) is 21.6 Å². The number of benzene rings is 1. The maximum atomic E-state index is 12.1. The number of carbonyl (C=O) groups is 1. The number of hydrogen-bond donors (Lipinski definition) is 0. The highest BCUT2D eigenvalue weighted by atomic mass is 127. The van der Waals surface area contributed by atoms with Crippen molar-refractivity contribution >= 4 is 44.4 Å². The Kier molecular flexibility index (Phi) is 5.45. The molecule has 2 nitrogen and oxygen atoms in total. The molecular weight excluding hydrogens is 426 g/mol. The highest BCUT2D eigenvalue weighted by Crippen LogP contribution is 2.23. The minimum absolute atomic E-state index is 0.347. The van der Waals surface area contributed by atoms with Crippen LogP contribution >= 0.6 is 38.5 Å². The van der Waals surface area contributed by atoms with E-state index in [1.165, 1.54) is 7.05 Å². The zero-order valence-corrected chi connectivity index (χ0v) is 13.1. The number of hydrogen-bond acceptors (Lipinski definition) is 1. The first-order valence-electron chi connectivity index (χ1n) is 4.98. The quantitative estimate of drug-likeness (QED) is 0.655. The molecule has 0 bridgehead atoms. The minimum atomic E-state index is -4.25. The molecule has 0 spiro atoms. The van der Waals surface area contributed by atoms with Gasteiger partial charge in [0.25, 0.3) is 5.91 Å². The Labute approximate surface area is 125 Å². The molecule has 0 aliphatic rings. The van der Waals surface area contributed by atoms with Gasteiger partial charge in [0.1, 0.15) is 0 Å². The molecule has 1 amide bonds. The van der Waals surface area contributed by atoms with Crippen molar-refractivity contribution in [2.45, 2.75) is 12.6 Å². The fraction of sp³-hybridized carbons (Fsp3) is 0.364. The molecule has 0 unspecified atom stereocenters. The summed E-state index contributed by atoms with van der Waals surface area (Å²) in [5.41, 5.74) is 0.367. The Bertz CT molecular complexity index is 450. The molecule has 0 atom stereocenters. The van der Waals surface area contributed by atoms with E-state index < -0.39 is 18.5 Å². The Morgan fingerprint density at radius 1 is 1.44 bits per heavy atom. The molecule has 1 aromatic rings. The molecule has 7 heteroatoms. The van der Waals surface area contributed by atoms with Crippen molar-refractivity contribution in [3.05, 3.63) is 31.8 Å². The molecule has 1 rings (SSSR count). The molecule has 0 aromatic heterocycles. The number of alkyl halides is 3. The predicted molar refractivity (Wildman–Crippen MR) is 74.5 cm³/mol. The minimum Gasteiger partial charge on any atom is -0.341 e. The number of carbonyl (C=O) groups excluding carboxylic acids is 1. The first-order chi connectivity index (χ1) is 8.20. The van der Waals surface area contributed by atoms with Crippen molar-refractivity contribution in [3.63, 3.8) is 0 Å². The van der Waals surface area contributed by atoms with Crippen molar-refractivity contribution in [2.75, 3.05) is 13.6 Å². The largest absolute Gasteiger partial charge is 0.390 e. The second kappa shape index (κ2) is 6.23. The summed E-state index contributed by atoms with van der Waals surface area (Å²) in [6, 6.07) is 5.14. The van der Waals surface area contributed by atoms with Crippen LogP contribution in [0, 0.1) is 3.57 Å². The van der Waals surface area contributed by atoms with Gasteiger partial charge < -0.3 is 4.90 Å². The maximum absolute atomic E-state index is 12.1. The standard InChI is InChI=1S/C11H10BrF3INO/c1-17(5-4-11(13,14)15)10(18)8-6-7(16)2-3-9(8)12/h2-3,6H,4-5H2,1H3. The van der Waals surface area contributed by atoms with Crippen molar-refractivity contribution < 1.29 is 18.0 Å². The molecule has 18 heavy (non-hydrogen) atoms. The zero-order chi connectivity index (χ0) is 13.9. The topological polar surface area (TPSA) is 20.3 Å². The van der Waals surface area contributed by atoms with E-state index in [0.717, 1.165) is 8.47 Å². The third kappa shape index (κ3) is 4.75. The van der Waals surface area contributed by atoms with Gasteiger partial charge in [-0.1, -0.05) is 0 Å². The van der Waals surface area contributed by atoms with E-state index in [2.05, 4.69) is 15.9 Å². The Balaban J connectivity index is 2.77. The summed E-state index contributed by atoms with van der Waals surface area (Å²) in [7, 11) is 1.36. The van der Waals surface area contributed by atoms with Gasteiger partial charge in [-0.25, -0.2) is 0 Å². The fourth-order valence-electron chi connectivity index (χ4n) is 1.26. The first kappa shape index (κ1) is 15.7. The molecule has 0 saturated heterocycles. The summed E-state index contributed by atoms with van der Waals surface area (Å²) in [5.74, 6) is -0.426. The van der Waals surface area contributed by atoms with Crippen molar-refractivity contribution in [1.29, 1.82) is 0 Å². The summed E-state index contributed by atoms with van der Waals surface area (Å²) in [6.07, 6.45) is -5.26. The zero-order valence-electron chi connectivity index (χ0n) is 9.39. The van der Waals surface area contributed by atoms with Crippen LogP contribution in [-0.2, 0) is 0 Å². The van der Waals surface area contributed by atoms with Crippen LogP contribution in [0.3, 0.4) is 0 Å². The molecular formula is C11H10BrF3INO. The molecule has 0 saturated carbocycles. The first-order valence-corrected chi connectivity index (χ1v) is 6.85. The van der Waals surface area contributed by atoms with E-state index in [-0.39, 0.29) is 6.54 Å². The van der Waals surface area contributed by atoms with Gasteiger partial charge >= 0.3 is 6.18 Å². The van der Waals surface area contributed by atoms with Crippen molar-refractivity contribution in [1.82, 2.24) is 4.90 Å². The van der Waals surface area contributed by atoms with Gasteiger partial charge in [-0.3, -0.25) is 4.79 Å². The normalized spacial score (nSPS) is 11.4. The fourth-order valence-corrected chi connectivity index (χ4v) is 2.17. The Morgan fingerprint density at radius 2 is 2.06 bits per heavy atom. The van der Waals surface area contributed by atoms with E-state index in [0.29, 0.717) is 10.0 Å². The van der Waals surface area contributed by atoms with Crippen LogP contribution in [0.15, 0.2) is 22.7 Å². The Hall–Kier alpha value is -0.310. The average molecular weight is 436 g/mol. The summed E-state index contributed by atoms with van der Waals surface area (Å²) in [4.78, 5) is 13.0. The van der Waals surface area contributed by atoms with Crippen LogP contribution in [0.2, 0.25) is 0 Å². The SMILES string of the molecule is CN(CCC(F)(F)F)C(=O)c1cc(I)ccc1Br. The second-order valence-corrected chi connectivity index (χ2v) is 5.82. The van der Waals surface area contributed by atoms with Crippen LogP contribution < -0.4 is 0 Å². The van der Waals surface area contributed by atoms with Crippen LogP contribution in [0.1, 0.15) is 16.8 Å². The average Bonchev–Trinajstić information content (AvgIpc) is 2.27. The van der Waals surface area contributed by atoms with Crippen molar-refractivity contribution in [2.24, 2.45) is 0 Å². The van der Waals surface area contributed by atoms with Gasteiger partial charge in [0.2, 0.25) is 0 Å². The lowest BCUT2D eigenvalue weighted by molar-refractivity contribution is -0.136. The summed E-state index contributed by atoms with van der Waals surface area (Å²) in [6.45, 7) is -0.347. The van der Waals surface area contributed by atoms with Crippen LogP contribution in [0.5, 0.6) is 0 Å². The van der Waals surface area contributed by atoms with Crippen LogP contribution in [0.4, 0.5) is 13.2 Å². The van der Waals surface area contributed by atoms with E-state index in [4.69, 9.17) is 0 Å². The van der Waals surface area contributed by atoms with Crippen LogP contribution in [-0.4, -0.2) is 30.6 Å². The third-order valence-electron chi connectivity index (χ3n) is 2.24. The molecule has 0 aliphatic carbocycles. The monoisotopic (exact) mass is 435 g/mol. The van der Waals surface area contributed by atoms with Gasteiger partial charge in [-0.2, -0.15) is 13.2 Å². The van der Waals surface area contributed by atoms with E-state index in [9.17, 15) is 18.0 Å². The predicted octanol–water partition coefficient (Wildman–Crippen LogP) is 4.08. The van der Waals surface area contributed by atoms with Gasteiger partial charge in [0.05, 0.1) is 12.0 Å². The smallest absolute Gasteiger partial charge is 0.341 e. The lowest BCUT2D eigenvalue weighted by Crippen LogP contribution is -2.30. The summed E-state index contributed by atoms with van der Waals surface area (Å²) >= 11 is 5.26. The number of halogens is 5.